The van der Waals surface area contributed by atoms with E-state index in [0.717, 1.165) is 34.5 Å². The second-order valence-corrected chi connectivity index (χ2v) is 7.27. The average Bonchev–Trinajstić information content (AvgIpc) is 3.43. The number of allylic oxidation sites excluding steroid dienone is 2. The van der Waals surface area contributed by atoms with Crippen LogP contribution in [0.5, 0.6) is 0 Å². The lowest BCUT2D eigenvalue weighted by Crippen LogP contribution is -2.25. The van der Waals surface area contributed by atoms with Crippen molar-refractivity contribution in [2.75, 3.05) is 0 Å². The maximum atomic E-state index is 12.8. The Labute approximate surface area is 180 Å². The average molecular weight is 416 g/mol. The smallest absolute Gasteiger partial charge is 0.274 e. The zero-order chi connectivity index (χ0) is 21.6. The van der Waals surface area contributed by atoms with Crippen molar-refractivity contribution in [2.45, 2.75) is 39.8 Å². The Bertz CT molecular complexity index is 1220. The summed E-state index contributed by atoms with van der Waals surface area (Å²) in [5.74, 6) is 1.41. The lowest BCUT2D eigenvalue weighted by Gasteiger charge is -2.09. The minimum absolute atomic E-state index is 0.0615. The topological polar surface area (TPSA) is 94.3 Å². The molecule has 2 aromatic carbocycles. The highest BCUT2D eigenvalue weighted by atomic mass is 16.2. The molecule has 0 aliphatic carbocycles. The molecule has 0 aliphatic rings. The van der Waals surface area contributed by atoms with Crippen molar-refractivity contribution < 1.29 is 0 Å². The van der Waals surface area contributed by atoms with Crippen LogP contribution in [0.4, 0.5) is 0 Å². The molecule has 0 unspecified atom stereocenters. The van der Waals surface area contributed by atoms with Crippen LogP contribution in [0.15, 0.2) is 65.5 Å². The summed E-state index contributed by atoms with van der Waals surface area (Å²) < 4.78 is 3.33. The Kier molecular flexibility index (Phi) is 6.16. The number of benzene rings is 2. The molecule has 0 radical (unpaired) electrons. The van der Waals surface area contributed by atoms with Gasteiger partial charge in [-0.25, -0.2) is 14.6 Å². The van der Waals surface area contributed by atoms with Crippen molar-refractivity contribution in [3.05, 3.63) is 82.6 Å². The summed E-state index contributed by atoms with van der Waals surface area (Å²) in [6.07, 6.45) is 5.50. The first kappa shape index (κ1) is 20.5. The van der Waals surface area contributed by atoms with Gasteiger partial charge >= 0.3 is 5.69 Å². The van der Waals surface area contributed by atoms with Gasteiger partial charge in [0.1, 0.15) is 5.82 Å². The fourth-order valence-electron chi connectivity index (χ4n) is 3.56. The van der Waals surface area contributed by atoms with Crippen LogP contribution in [0.2, 0.25) is 0 Å². The van der Waals surface area contributed by atoms with Gasteiger partial charge in [-0.15, -0.1) is 5.10 Å². The summed E-state index contributed by atoms with van der Waals surface area (Å²) in [4.78, 5) is 12.8. The molecule has 8 heteroatoms. The number of aromatic amines is 1. The molecule has 0 spiro atoms. The van der Waals surface area contributed by atoms with E-state index in [1.165, 1.54) is 0 Å². The molecule has 0 atom stereocenters. The summed E-state index contributed by atoms with van der Waals surface area (Å²) in [5, 5.41) is 18.8. The highest BCUT2D eigenvalue weighted by Gasteiger charge is 2.13. The fraction of sp³-hybridized carbons (Fsp3) is 0.261. The largest absolute Gasteiger partial charge is 0.346 e. The molecule has 0 aliphatic heterocycles. The highest BCUT2D eigenvalue weighted by molar-refractivity contribution is 5.80. The van der Waals surface area contributed by atoms with Gasteiger partial charge in [0.15, 0.2) is 5.82 Å². The number of tetrazole rings is 1. The minimum atomic E-state index is -0.0615. The van der Waals surface area contributed by atoms with Gasteiger partial charge in [0.25, 0.3) is 0 Å². The number of nitrogens with zero attached hydrogens (tertiary/aromatic N) is 6. The molecule has 2 aromatic heterocycles. The van der Waals surface area contributed by atoms with E-state index in [2.05, 4.69) is 37.9 Å². The first-order valence-corrected chi connectivity index (χ1v) is 10.4. The molecule has 8 nitrogen and oxygen atoms in total. The van der Waals surface area contributed by atoms with E-state index in [-0.39, 0.29) is 5.69 Å². The van der Waals surface area contributed by atoms with Gasteiger partial charge in [0, 0.05) is 18.5 Å². The molecular weight excluding hydrogens is 390 g/mol. The highest BCUT2D eigenvalue weighted by Crippen LogP contribution is 2.29. The SMILES string of the molecule is C/C=C/Cc1nn(CCC)c(=O)n1Cc1ccc(-c2ccccc2-c2nnn[nH]2)cc1. The van der Waals surface area contributed by atoms with Crippen LogP contribution in [-0.4, -0.2) is 35.0 Å². The van der Waals surface area contributed by atoms with Crippen molar-refractivity contribution in [2.24, 2.45) is 0 Å². The molecular formula is C23H25N7O. The molecule has 31 heavy (non-hydrogen) atoms. The summed E-state index contributed by atoms with van der Waals surface area (Å²) >= 11 is 0. The van der Waals surface area contributed by atoms with Crippen molar-refractivity contribution >= 4 is 0 Å². The lowest BCUT2D eigenvalue weighted by atomic mass is 9.98. The van der Waals surface area contributed by atoms with E-state index in [4.69, 9.17) is 0 Å². The number of nitrogens with one attached hydrogen (secondary N) is 1. The summed E-state index contributed by atoms with van der Waals surface area (Å²) in [5.41, 5.74) is 4.01. The second-order valence-electron chi connectivity index (χ2n) is 7.27. The van der Waals surface area contributed by atoms with Gasteiger partial charge < -0.3 is 0 Å². The molecule has 0 saturated heterocycles. The number of hydrogen-bond acceptors (Lipinski definition) is 5. The third-order valence-electron chi connectivity index (χ3n) is 5.10. The van der Waals surface area contributed by atoms with Gasteiger partial charge in [-0.05, 0) is 40.5 Å². The maximum Gasteiger partial charge on any atom is 0.346 e. The van der Waals surface area contributed by atoms with Gasteiger partial charge in [-0.2, -0.15) is 5.10 Å². The molecule has 0 fully saturated rings. The number of aromatic nitrogens is 7. The minimum Gasteiger partial charge on any atom is -0.274 e. The first-order chi connectivity index (χ1) is 15.2. The van der Waals surface area contributed by atoms with Crippen molar-refractivity contribution in [3.63, 3.8) is 0 Å². The van der Waals surface area contributed by atoms with Gasteiger partial charge in [-0.1, -0.05) is 67.6 Å². The van der Waals surface area contributed by atoms with E-state index in [0.29, 0.717) is 25.3 Å². The summed E-state index contributed by atoms with van der Waals surface area (Å²) in [6.45, 7) is 5.13. The molecule has 1 N–H and O–H groups in total. The number of rotatable bonds is 8. The first-order valence-electron chi connectivity index (χ1n) is 10.4. The number of H-pyrrole nitrogens is 1. The van der Waals surface area contributed by atoms with Crippen LogP contribution >= 0.6 is 0 Å². The zero-order valence-corrected chi connectivity index (χ0v) is 17.7. The monoisotopic (exact) mass is 415 g/mol. The maximum absolute atomic E-state index is 12.8. The quantitative estimate of drug-likeness (QED) is 0.445. The Balaban J connectivity index is 1.63. The molecule has 0 bridgehead atoms. The van der Waals surface area contributed by atoms with Gasteiger partial charge in [0.2, 0.25) is 0 Å². The van der Waals surface area contributed by atoms with Crippen LogP contribution in [0.25, 0.3) is 22.5 Å². The van der Waals surface area contributed by atoms with E-state index in [9.17, 15) is 4.79 Å². The number of aryl methyl sites for hydroxylation is 1. The fourth-order valence-corrected chi connectivity index (χ4v) is 3.56. The molecule has 4 aromatic rings. The number of hydrogen-bond donors (Lipinski definition) is 1. The van der Waals surface area contributed by atoms with Crippen LogP contribution in [0.3, 0.4) is 0 Å². The zero-order valence-electron chi connectivity index (χ0n) is 17.7. The predicted molar refractivity (Wildman–Crippen MR) is 119 cm³/mol. The van der Waals surface area contributed by atoms with E-state index in [1.54, 1.807) is 9.25 Å². The molecule has 158 valence electrons. The molecule has 4 rings (SSSR count). The van der Waals surface area contributed by atoms with Gasteiger partial charge in [-0.3, -0.25) is 4.57 Å². The normalized spacial score (nSPS) is 11.4. The summed E-state index contributed by atoms with van der Waals surface area (Å²) in [7, 11) is 0. The Morgan fingerprint density at radius 1 is 1.06 bits per heavy atom. The second kappa shape index (κ2) is 9.34. The van der Waals surface area contributed by atoms with E-state index >= 15 is 0 Å². The Morgan fingerprint density at radius 3 is 2.52 bits per heavy atom. The lowest BCUT2D eigenvalue weighted by molar-refractivity contribution is 0.569. The van der Waals surface area contributed by atoms with Crippen LogP contribution in [0.1, 0.15) is 31.7 Å². The third kappa shape index (κ3) is 4.37. The summed E-state index contributed by atoms with van der Waals surface area (Å²) in [6, 6.07) is 16.2. The molecule has 0 saturated carbocycles. The van der Waals surface area contributed by atoms with Crippen LogP contribution in [-0.2, 0) is 19.5 Å². The predicted octanol–water partition coefficient (Wildman–Crippen LogP) is 3.47. The Morgan fingerprint density at radius 2 is 1.84 bits per heavy atom. The molecule has 2 heterocycles. The van der Waals surface area contributed by atoms with Crippen molar-refractivity contribution in [1.82, 2.24) is 35.0 Å². The van der Waals surface area contributed by atoms with Gasteiger partial charge in [0.05, 0.1) is 6.54 Å². The van der Waals surface area contributed by atoms with Crippen molar-refractivity contribution in [1.29, 1.82) is 0 Å². The van der Waals surface area contributed by atoms with E-state index in [1.807, 2.05) is 62.4 Å². The standard InChI is InChI=1S/C23H25N7O/c1-3-5-10-21-26-30(15-4-2)23(31)29(21)16-17-11-13-18(14-12-17)19-8-6-7-9-20(19)22-24-27-28-25-22/h3,5-9,11-14H,4,10,15-16H2,1-2H3,(H,24,25,27,28)/b5-3+. The Hall–Kier alpha value is -3.81. The molecule has 0 amide bonds. The van der Waals surface area contributed by atoms with E-state index < -0.39 is 0 Å². The van der Waals surface area contributed by atoms with Crippen LogP contribution in [0, 0.1) is 0 Å². The van der Waals surface area contributed by atoms with Crippen LogP contribution < -0.4 is 5.69 Å². The van der Waals surface area contributed by atoms with Crippen molar-refractivity contribution in [3.8, 4) is 22.5 Å². The third-order valence-corrected chi connectivity index (χ3v) is 5.10.